The van der Waals surface area contributed by atoms with Crippen LogP contribution in [0.15, 0.2) is 66.2 Å². The molecule has 2 nitrogen and oxygen atoms in total. The standard InChI is InChI=1S/C22H14O2S/c23-16-8-9-17-14(12-16)11-15(21(17)24)10-13-4-3-6-19-18-5-1-2-7-20(18)25-22(13)19/h1-10,12,23H,11H2/b15-10+. The van der Waals surface area contributed by atoms with Crippen molar-refractivity contribution in [1.29, 1.82) is 0 Å². The second-order valence-corrected chi connectivity index (χ2v) is 7.39. The summed E-state index contributed by atoms with van der Waals surface area (Å²) in [7, 11) is 0. The summed E-state index contributed by atoms with van der Waals surface area (Å²) < 4.78 is 2.47. The summed E-state index contributed by atoms with van der Waals surface area (Å²) in [4.78, 5) is 12.7. The highest BCUT2D eigenvalue weighted by Crippen LogP contribution is 2.37. The first-order valence-corrected chi connectivity index (χ1v) is 9.00. The molecule has 1 heterocycles. The van der Waals surface area contributed by atoms with Gasteiger partial charge in [-0.2, -0.15) is 0 Å². The Morgan fingerprint density at radius 3 is 2.72 bits per heavy atom. The Balaban J connectivity index is 1.68. The fourth-order valence-corrected chi connectivity index (χ4v) is 4.78. The number of phenols is 1. The number of hydrogen-bond acceptors (Lipinski definition) is 3. The van der Waals surface area contributed by atoms with Crippen molar-refractivity contribution in [2.45, 2.75) is 6.42 Å². The number of phenolic OH excluding ortho intramolecular Hbond substituents is 1. The molecular formula is C22H14O2S. The van der Waals surface area contributed by atoms with Crippen molar-refractivity contribution in [3.05, 3.63) is 82.9 Å². The van der Waals surface area contributed by atoms with Crippen LogP contribution in [0.1, 0.15) is 21.5 Å². The van der Waals surface area contributed by atoms with Gasteiger partial charge in [-0.25, -0.2) is 0 Å². The molecule has 5 rings (SSSR count). The molecule has 3 aromatic carbocycles. The van der Waals surface area contributed by atoms with E-state index in [1.165, 1.54) is 20.2 Å². The maximum absolute atomic E-state index is 12.7. The predicted octanol–water partition coefficient (Wildman–Crippen LogP) is 5.58. The van der Waals surface area contributed by atoms with Gasteiger partial charge in [-0.3, -0.25) is 4.79 Å². The van der Waals surface area contributed by atoms with Gasteiger partial charge in [-0.15, -0.1) is 11.3 Å². The van der Waals surface area contributed by atoms with Gasteiger partial charge >= 0.3 is 0 Å². The van der Waals surface area contributed by atoms with Crippen LogP contribution in [0.4, 0.5) is 0 Å². The molecule has 0 spiro atoms. The van der Waals surface area contributed by atoms with Crippen molar-refractivity contribution in [2.75, 3.05) is 0 Å². The molecule has 0 bridgehead atoms. The highest BCUT2D eigenvalue weighted by atomic mass is 32.1. The summed E-state index contributed by atoms with van der Waals surface area (Å²) in [6, 6.07) is 19.6. The molecule has 0 saturated heterocycles. The van der Waals surface area contributed by atoms with Crippen LogP contribution in [-0.2, 0) is 6.42 Å². The van der Waals surface area contributed by atoms with Crippen LogP contribution in [0.25, 0.3) is 26.2 Å². The van der Waals surface area contributed by atoms with Gasteiger partial charge in [0, 0.05) is 37.7 Å². The van der Waals surface area contributed by atoms with Gasteiger partial charge in [-0.05, 0) is 41.5 Å². The van der Waals surface area contributed by atoms with E-state index in [-0.39, 0.29) is 11.5 Å². The molecule has 120 valence electrons. The third-order valence-electron chi connectivity index (χ3n) is 4.77. The summed E-state index contributed by atoms with van der Waals surface area (Å²) in [5.74, 6) is 0.271. The van der Waals surface area contributed by atoms with Gasteiger partial charge in [-0.1, -0.05) is 36.4 Å². The number of carbonyl (C=O) groups is 1. The molecule has 1 N–H and O–H groups in total. The number of Topliss-reactive ketones (excluding diaryl/α,β-unsaturated/α-hetero) is 1. The van der Waals surface area contributed by atoms with Crippen molar-refractivity contribution in [2.24, 2.45) is 0 Å². The van der Waals surface area contributed by atoms with Crippen LogP contribution in [0.3, 0.4) is 0 Å². The van der Waals surface area contributed by atoms with E-state index in [4.69, 9.17) is 0 Å². The van der Waals surface area contributed by atoms with E-state index in [1.807, 2.05) is 12.1 Å². The monoisotopic (exact) mass is 342 g/mol. The van der Waals surface area contributed by atoms with Gasteiger partial charge in [0.25, 0.3) is 0 Å². The Kier molecular flexibility index (Phi) is 3.06. The molecule has 0 unspecified atom stereocenters. The average Bonchev–Trinajstić information content (AvgIpc) is 3.14. The molecule has 0 aliphatic heterocycles. The van der Waals surface area contributed by atoms with E-state index in [2.05, 4.69) is 36.4 Å². The molecule has 1 aromatic heterocycles. The molecule has 1 aliphatic carbocycles. The highest BCUT2D eigenvalue weighted by Gasteiger charge is 2.25. The minimum absolute atomic E-state index is 0.0631. The van der Waals surface area contributed by atoms with Crippen molar-refractivity contribution >= 4 is 43.4 Å². The lowest BCUT2D eigenvalue weighted by Crippen LogP contribution is -1.95. The van der Waals surface area contributed by atoms with Gasteiger partial charge in [0.2, 0.25) is 0 Å². The number of thiophene rings is 1. The third-order valence-corrected chi connectivity index (χ3v) is 6.01. The Labute approximate surface area is 148 Å². The fourth-order valence-electron chi connectivity index (χ4n) is 3.59. The SMILES string of the molecule is O=C1/C(=C/c2cccc3c2sc2ccccc23)Cc2cc(O)ccc21. The summed E-state index contributed by atoms with van der Waals surface area (Å²) in [5.41, 5.74) is 3.47. The highest BCUT2D eigenvalue weighted by molar-refractivity contribution is 7.26. The van der Waals surface area contributed by atoms with Crippen LogP contribution < -0.4 is 0 Å². The minimum atomic E-state index is 0.0631. The summed E-state index contributed by atoms with van der Waals surface area (Å²) in [6.45, 7) is 0. The van der Waals surface area contributed by atoms with Gasteiger partial charge in [0.1, 0.15) is 5.75 Å². The average molecular weight is 342 g/mol. The van der Waals surface area contributed by atoms with Crippen LogP contribution >= 0.6 is 11.3 Å². The van der Waals surface area contributed by atoms with Gasteiger partial charge < -0.3 is 5.11 Å². The van der Waals surface area contributed by atoms with E-state index in [0.29, 0.717) is 12.0 Å². The zero-order valence-electron chi connectivity index (χ0n) is 13.3. The zero-order chi connectivity index (χ0) is 17.0. The number of fused-ring (bicyclic) bond motifs is 4. The largest absolute Gasteiger partial charge is 0.508 e. The summed E-state index contributed by atoms with van der Waals surface area (Å²) in [6.07, 6.45) is 2.58. The lowest BCUT2D eigenvalue weighted by atomic mass is 10.0. The second kappa shape index (κ2) is 5.30. The minimum Gasteiger partial charge on any atom is -0.508 e. The lowest BCUT2D eigenvalue weighted by molar-refractivity contribution is 0.104. The lowest BCUT2D eigenvalue weighted by Gasteiger charge is -1.99. The molecule has 0 fully saturated rings. The topological polar surface area (TPSA) is 37.3 Å². The zero-order valence-corrected chi connectivity index (χ0v) is 14.1. The van der Waals surface area contributed by atoms with Crippen LogP contribution in [0.5, 0.6) is 5.75 Å². The van der Waals surface area contributed by atoms with E-state index < -0.39 is 0 Å². The molecule has 4 aromatic rings. The number of aromatic hydroxyl groups is 1. The smallest absolute Gasteiger partial charge is 0.189 e. The van der Waals surface area contributed by atoms with E-state index >= 15 is 0 Å². The molecule has 0 amide bonds. The number of allylic oxidation sites excluding steroid dienone is 1. The van der Waals surface area contributed by atoms with Crippen LogP contribution in [0.2, 0.25) is 0 Å². The predicted molar refractivity (Wildman–Crippen MR) is 103 cm³/mol. The van der Waals surface area contributed by atoms with Crippen molar-refractivity contribution in [3.63, 3.8) is 0 Å². The third kappa shape index (κ3) is 2.20. The van der Waals surface area contributed by atoms with Crippen LogP contribution in [-0.4, -0.2) is 10.9 Å². The Bertz CT molecular complexity index is 1200. The van der Waals surface area contributed by atoms with E-state index in [1.54, 1.807) is 29.5 Å². The summed E-state index contributed by atoms with van der Waals surface area (Å²) >= 11 is 1.76. The first-order valence-electron chi connectivity index (χ1n) is 8.18. The quantitative estimate of drug-likeness (QED) is 0.458. The molecule has 25 heavy (non-hydrogen) atoms. The Morgan fingerprint density at radius 2 is 1.80 bits per heavy atom. The number of benzene rings is 3. The Morgan fingerprint density at radius 1 is 0.960 bits per heavy atom. The van der Waals surface area contributed by atoms with Crippen molar-refractivity contribution < 1.29 is 9.90 Å². The molecule has 3 heteroatoms. The van der Waals surface area contributed by atoms with Crippen molar-refractivity contribution in [1.82, 2.24) is 0 Å². The maximum atomic E-state index is 12.7. The van der Waals surface area contributed by atoms with E-state index in [9.17, 15) is 9.90 Å². The first-order chi connectivity index (χ1) is 12.2. The number of hydrogen-bond donors (Lipinski definition) is 1. The van der Waals surface area contributed by atoms with E-state index in [0.717, 1.165) is 16.7 Å². The Hall–Kier alpha value is -2.91. The van der Waals surface area contributed by atoms with Gasteiger partial charge in [0.05, 0.1) is 0 Å². The number of rotatable bonds is 1. The fraction of sp³-hybridized carbons (Fsp3) is 0.0455. The maximum Gasteiger partial charge on any atom is 0.189 e. The number of ketones is 1. The van der Waals surface area contributed by atoms with Gasteiger partial charge in [0.15, 0.2) is 5.78 Å². The molecule has 1 aliphatic rings. The first kappa shape index (κ1) is 14.4. The second-order valence-electron chi connectivity index (χ2n) is 6.34. The molecule has 0 saturated carbocycles. The van der Waals surface area contributed by atoms with Crippen molar-refractivity contribution in [3.8, 4) is 5.75 Å². The van der Waals surface area contributed by atoms with Crippen LogP contribution in [0, 0.1) is 0 Å². The molecule has 0 atom stereocenters. The number of carbonyl (C=O) groups excluding carboxylic acids is 1. The molecular weight excluding hydrogens is 328 g/mol. The molecule has 0 radical (unpaired) electrons. The summed E-state index contributed by atoms with van der Waals surface area (Å²) in [5, 5.41) is 12.1. The normalized spacial score (nSPS) is 15.4.